The van der Waals surface area contributed by atoms with E-state index in [2.05, 4.69) is 0 Å². The molecule has 1 rings (SSSR count). The summed E-state index contributed by atoms with van der Waals surface area (Å²) in [6, 6.07) is -0.282. The Labute approximate surface area is 82.2 Å². The van der Waals surface area contributed by atoms with Gasteiger partial charge in [0, 0.05) is 6.42 Å². The summed E-state index contributed by atoms with van der Waals surface area (Å²) in [6.45, 7) is 0. The van der Waals surface area contributed by atoms with E-state index in [4.69, 9.17) is 5.73 Å². The standard InChI is InChI=1S/C9H14N2O3/c1-11(2)5-3-4-6(12)7(8(5)13)9(10)14/h5,13H,3-4H2,1-2H3,(H2,10,14). The van der Waals surface area contributed by atoms with Crippen molar-refractivity contribution >= 4 is 11.7 Å². The SMILES string of the molecule is CN(C)C1CCC(=O)C(C(N)=O)=C1O. The number of Topliss-reactive ketones (excluding diaryl/α,β-unsaturated/α-hetero) is 1. The molecule has 1 unspecified atom stereocenters. The third-order valence-corrected chi connectivity index (χ3v) is 2.37. The summed E-state index contributed by atoms with van der Waals surface area (Å²) in [7, 11) is 3.55. The van der Waals surface area contributed by atoms with Crippen LogP contribution in [0.5, 0.6) is 0 Å². The van der Waals surface area contributed by atoms with Crippen molar-refractivity contribution in [3.8, 4) is 0 Å². The van der Waals surface area contributed by atoms with Crippen molar-refractivity contribution in [3.63, 3.8) is 0 Å². The largest absolute Gasteiger partial charge is 0.510 e. The van der Waals surface area contributed by atoms with E-state index in [1.807, 2.05) is 0 Å². The van der Waals surface area contributed by atoms with Gasteiger partial charge in [0.2, 0.25) is 0 Å². The van der Waals surface area contributed by atoms with Crippen LogP contribution in [0.3, 0.4) is 0 Å². The Morgan fingerprint density at radius 2 is 2.14 bits per heavy atom. The van der Waals surface area contributed by atoms with Crippen molar-refractivity contribution in [2.45, 2.75) is 18.9 Å². The summed E-state index contributed by atoms with van der Waals surface area (Å²) in [5.74, 6) is -1.41. The minimum Gasteiger partial charge on any atom is -0.510 e. The lowest BCUT2D eigenvalue weighted by atomic mass is 9.91. The molecule has 0 aromatic heterocycles. The Hall–Kier alpha value is -1.36. The number of hydrogen-bond donors (Lipinski definition) is 2. The van der Waals surface area contributed by atoms with Crippen molar-refractivity contribution in [1.29, 1.82) is 0 Å². The number of amides is 1. The van der Waals surface area contributed by atoms with E-state index in [1.54, 1.807) is 19.0 Å². The van der Waals surface area contributed by atoms with Gasteiger partial charge in [0.25, 0.3) is 5.91 Å². The molecule has 0 heterocycles. The highest BCUT2D eigenvalue weighted by atomic mass is 16.3. The van der Waals surface area contributed by atoms with E-state index in [1.165, 1.54) is 0 Å². The zero-order valence-electron chi connectivity index (χ0n) is 8.28. The maximum absolute atomic E-state index is 11.3. The van der Waals surface area contributed by atoms with Crippen LogP contribution in [0.25, 0.3) is 0 Å². The van der Waals surface area contributed by atoms with Crippen LogP contribution in [-0.2, 0) is 9.59 Å². The van der Waals surface area contributed by atoms with Crippen molar-refractivity contribution in [1.82, 2.24) is 4.90 Å². The van der Waals surface area contributed by atoms with Crippen molar-refractivity contribution in [3.05, 3.63) is 11.3 Å². The molecule has 0 saturated heterocycles. The van der Waals surface area contributed by atoms with Gasteiger partial charge in [0.05, 0.1) is 6.04 Å². The van der Waals surface area contributed by atoms with E-state index in [9.17, 15) is 14.7 Å². The third-order valence-electron chi connectivity index (χ3n) is 2.37. The van der Waals surface area contributed by atoms with E-state index in [-0.39, 0.29) is 29.6 Å². The molecule has 0 saturated carbocycles. The molecule has 5 nitrogen and oxygen atoms in total. The molecule has 0 spiro atoms. The molecule has 14 heavy (non-hydrogen) atoms. The Morgan fingerprint density at radius 1 is 1.57 bits per heavy atom. The fraction of sp³-hybridized carbons (Fsp3) is 0.556. The highest BCUT2D eigenvalue weighted by Gasteiger charge is 2.32. The molecule has 0 aromatic carbocycles. The Balaban J connectivity index is 3.10. The highest BCUT2D eigenvalue weighted by Crippen LogP contribution is 2.23. The molecule has 1 aliphatic carbocycles. The third kappa shape index (κ3) is 1.77. The van der Waals surface area contributed by atoms with E-state index in [0.29, 0.717) is 6.42 Å². The van der Waals surface area contributed by atoms with E-state index in [0.717, 1.165) is 0 Å². The molecule has 1 atom stereocenters. The van der Waals surface area contributed by atoms with E-state index < -0.39 is 5.91 Å². The van der Waals surface area contributed by atoms with Gasteiger partial charge in [0.15, 0.2) is 5.78 Å². The summed E-state index contributed by atoms with van der Waals surface area (Å²) in [4.78, 5) is 23.9. The number of likely N-dealkylation sites (N-methyl/N-ethyl adjacent to an activating group) is 1. The van der Waals surface area contributed by atoms with Crippen LogP contribution in [-0.4, -0.2) is 41.8 Å². The number of rotatable bonds is 2. The van der Waals surface area contributed by atoms with Gasteiger partial charge in [-0.05, 0) is 20.5 Å². The van der Waals surface area contributed by atoms with Gasteiger partial charge in [-0.1, -0.05) is 0 Å². The second-order valence-corrected chi connectivity index (χ2v) is 3.57. The summed E-state index contributed by atoms with van der Waals surface area (Å²) in [5, 5.41) is 9.66. The predicted octanol–water partition coefficient (Wildman–Crippen LogP) is -0.423. The first kappa shape index (κ1) is 10.7. The molecule has 0 aliphatic heterocycles. The van der Waals surface area contributed by atoms with Gasteiger partial charge >= 0.3 is 0 Å². The minimum atomic E-state index is -0.848. The number of carbonyl (C=O) groups excluding carboxylic acids is 2. The smallest absolute Gasteiger partial charge is 0.255 e. The van der Waals surface area contributed by atoms with Gasteiger partial charge in [0.1, 0.15) is 11.3 Å². The lowest BCUT2D eigenvalue weighted by Crippen LogP contribution is -2.38. The summed E-state index contributed by atoms with van der Waals surface area (Å²) in [5.41, 5.74) is 4.77. The minimum absolute atomic E-state index is 0.196. The first-order chi connectivity index (χ1) is 6.45. The second kappa shape index (κ2) is 3.79. The number of ketones is 1. The van der Waals surface area contributed by atoms with Crippen LogP contribution in [0.15, 0.2) is 11.3 Å². The van der Waals surface area contributed by atoms with Crippen LogP contribution < -0.4 is 5.73 Å². The monoisotopic (exact) mass is 198 g/mol. The Morgan fingerprint density at radius 3 is 2.57 bits per heavy atom. The number of primary amides is 1. The molecular formula is C9H14N2O3. The maximum Gasteiger partial charge on any atom is 0.255 e. The Bertz CT molecular complexity index is 307. The number of nitrogens with zero attached hydrogens (tertiary/aromatic N) is 1. The molecule has 0 radical (unpaired) electrons. The van der Waals surface area contributed by atoms with Crippen LogP contribution in [0.4, 0.5) is 0 Å². The zero-order chi connectivity index (χ0) is 10.9. The van der Waals surface area contributed by atoms with Gasteiger partial charge < -0.3 is 10.8 Å². The fourth-order valence-electron chi connectivity index (χ4n) is 1.61. The molecular weight excluding hydrogens is 184 g/mol. The van der Waals surface area contributed by atoms with Crippen molar-refractivity contribution in [2.75, 3.05) is 14.1 Å². The summed E-state index contributed by atoms with van der Waals surface area (Å²) >= 11 is 0. The lowest BCUT2D eigenvalue weighted by molar-refractivity contribution is -0.122. The van der Waals surface area contributed by atoms with Gasteiger partial charge in [-0.3, -0.25) is 14.5 Å². The predicted molar refractivity (Wildman–Crippen MR) is 50.6 cm³/mol. The lowest BCUT2D eigenvalue weighted by Gasteiger charge is -2.27. The van der Waals surface area contributed by atoms with Crippen LogP contribution in [0, 0.1) is 0 Å². The first-order valence-corrected chi connectivity index (χ1v) is 4.37. The van der Waals surface area contributed by atoms with Gasteiger partial charge in [-0.25, -0.2) is 0 Å². The maximum atomic E-state index is 11.3. The zero-order valence-corrected chi connectivity index (χ0v) is 8.28. The molecule has 3 N–H and O–H groups in total. The number of aliphatic hydroxyl groups is 1. The molecule has 1 amide bonds. The molecule has 0 bridgehead atoms. The summed E-state index contributed by atoms with van der Waals surface area (Å²) < 4.78 is 0. The molecule has 0 fully saturated rings. The highest BCUT2D eigenvalue weighted by molar-refractivity contribution is 6.19. The number of hydrogen-bond acceptors (Lipinski definition) is 4. The van der Waals surface area contributed by atoms with Gasteiger partial charge in [-0.15, -0.1) is 0 Å². The summed E-state index contributed by atoms with van der Waals surface area (Å²) in [6.07, 6.45) is 0.777. The molecule has 1 aliphatic rings. The second-order valence-electron chi connectivity index (χ2n) is 3.57. The molecule has 78 valence electrons. The first-order valence-electron chi connectivity index (χ1n) is 4.37. The fourth-order valence-corrected chi connectivity index (χ4v) is 1.61. The van der Waals surface area contributed by atoms with Crippen molar-refractivity contribution in [2.24, 2.45) is 5.73 Å². The number of nitrogens with two attached hydrogens (primary N) is 1. The molecule has 0 aromatic rings. The normalized spacial score (nSPS) is 23.1. The van der Waals surface area contributed by atoms with Crippen LogP contribution in [0.1, 0.15) is 12.8 Å². The van der Waals surface area contributed by atoms with Gasteiger partial charge in [-0.2, -0.15) is 0 Å². The van der Waals surface area contributed by atoms with Crippen LogP contribution >= 0.6 is 0 Å². The average Bonchev–Trinajstić information content (AvgIpc) is 2.02. The topological polar surface area (TPSA) is 83.6 Å². The van der Waals surface area contributed by atoms with Crippen LogP contribution in [0.2, 0.25) is 0 Å². The Kier molecular flexibility index (Phi) is 2.90. The molecule has 5 heteroatoms. The quantitative estimate of drug-likeness (QED) is 0.590. The van der Waals surface area contributed by atoms with E-state index >= 15 is 0 Å². The number of aliphatic hydroxyl groups excluding tert-OH is 1. The van der Waals surface area contributed by atoms with Crippen molar-refractivity contribution < 1.29 is 14.7 Å². The average molecular weight is 198 g/mol. The number of carbonyl (C=O) groups is 2.